The first-order valence-electron chi connectivity index (χ1n) is 6.10. The van der Waals surface area contributed by atoms with Gasteiger partial charge in [0.25, 0.3) is 0 Å². The van der Waals surface area contributed by atoms with Gasteiger partial charge in [0.2, 0.25) is 0 Å². The van der Waals surface area contributed by atoms with Gasteiger partial charge in [-0.15, -0.1) is 0 Å². The highest BCUT2D eigenvalue weighted by atomic mass is 16.4. The average Bonchev–Trinajstić information content (AvgIpc) is 3.00. The predicted octanol–water partition coefficient (Wildman–Crippen LogP) is 2.11. The molecule has 0 atom stereocenters. The Morgan fingerprint density at radius 1 is 1.13 bits per heavy atom. The van der Waals surface area contributed by atoms with Crippen LogP contribution in [0.15, 0.2) is 0 Å². The van der Waals surface area contributed by atoms with Gasteiger partial charge in [0.05, 0.1) is 0 Å². The molecule has 3 heteroatoms. The van der Waals surface area contributed by atoms with E-state index in [9.17, 15) is 4.79 Å². The third-order valence-corrected chi connectivity index (χ3v) is 3.98. The van der Waals surface area contributed by atoms with Crippen molar-refractivity contribution in [2.75, 3.05) is 7.05 Å². The fourth-order valence-corrected chi connectivity index (χ4v) is 2.78. The predicted molar refractivity (Wildman–Crippen MR) is 58.8 cm³/mol. The van der Waals surface area contributed by atoms with E-state index in [-0.39, 0.29) is 0 Å². The second-order valence-corrected chi connectivity index (χ2v) is 5.17. The smallest absolute Gasteiger partial charge is 0.303 e. The van der Waals surface area contributed by atoms with Crippen LogP contribution in [0, 0.1) is 5.92 Å². The molecule has 0 bridgehead atoms. The number of rotatable bonds is 4. The Kier molecular flexibility index (Phi) is 3.29. The van der Waals surface area contributed by atoms with Crippen LogP contribution in [-0.2, 0) is 4.79 Å². The molecule has 0 aromatic carbocycles. The molecule has 86 valence electrons. The molecule has 2 rings (SSSR count). The van der Waals surface area contributed by atoms with Crippen molar-refractivity contribution in [3.05, 3.63) is 0 Å². The number of hydrogen-bond donors (Lipinski definition) is 1. The first-order chi connectivity index (χ1) is 7.16. The van der Waals surface area contributed by atoms with Gasteiger partial charge in [-0.1, -0.05) is 0 Å². The van der Waals surface area contributed by atoms with Crippen LogP contribution in [-0.4, -0.2) is 35.1 Å². The molecule has 0 radical (unpaired) electrons. The summed E-state index contributed by atoms with van der Waals surface area (Å²) >= 11 is 0. The molecule has 0 aromatic rings. The molecule has 3 nitrogen and oxygen atoms in total. The summed E-state index contributed by atoms with van der Waals surface area (Å²) < 4.78 is 0. The van der Waals surface area contributed by atoms with Crippen LogP contribution < -0.4 is 0 Å². The van der Waals surface area contributed by atoms with Crippen molar-refractivity contribution in [1.82, 2.24) is 4.90 Å². The van der Waals surface area contributed by atoms with Crippen LogP contribution in [0.2, 0.25) is 0 Å². The zero-order chi connectivity index (χ0) is 10.8. The SMILES string of the molecule is CN(C1CCC(CC(=O)O)CC1)C1CC1. The number of hydrogen-bond acceptors (Lipinski definition) is 2. The molecule has 2 aliphatic rings. The third kappa shape index (κ3) is 2.94. The van der Waals surface area contributed by atoms with Gasteiger partial charge in [0.15, 0.2) is 0 Å². The minimum absolute atomic E-state index is 0.375. The molecule has 2 fully saturated rings. The van der Waals surface area contributed by atoms with E-state index in [0.29, 0.717) is 12.3 Å². The van der Waals surface area contributed by atoms with Crippen molar-refractivity contribution in [2.45, 2.75) is 57.0 Å². The maximum atomic E-state index is 10.6. The first kappa shape index (κ1) is 10.9. The lowest BCUT2D eigenvalue weighted by molar-refractivity contribution is -0.138. The van der Waals surface area contributed by atoms with Gasteiger partial charge in [-0.3, -0.25) is 4.79 Å². The minimum Gasteiger partial charge on any atom is -0.481 e. The molecule has 0 amide bonds. The summed E-state index contributed by atoms with van der Waals surface area (Å²) in [7, 11) is 2.24. The highest BCUT2D eigenvalue weighted by molar-refractivity contribution is 5.67. The van der Waals surface area contributed by atoms with E-state index < -0.39 is 5.97 Å². The van der Waals surface area contributed by atoms with Crippen LogP contribution in [0.5, 0.6) is 0 Å². The van der Waals surface area contributed by atoms with Gasteiger partial charge >= 0.3 is 5.97 Å². The summed E-state index contributed by atoms with van der Waals surface area (Å²) in [6, 6.07) is 1.56. The quantitative estimate of drug-likeness (QED) is 0.774. The Labute approximate surface area is 91.5 Å². The number of nitrogens with zero attached hydrogens (tertiary/aromatic N) is 1. The monoisotopic (exact) mass is 211 g/mol. The average molecular weight is 211 g/mol. The van der Waals surface area contributed by atoms with Crippen LogP contribution in [0.4, 0.5) is 0 Å². The largest absolute Gasteiger partial charge is 0.481 e. The summed E-state index contributed by atoms with van der Waals surface area (Å²) in [5.41, 5.74) is 0. The normalized spacial score (nSPS) is 31.9. The fourth-order valence-electron chi connectivity index (χ4n) is 2.78. The zero-order valence-electron chi connectivity index (χ0n) is 9.48. The number of carboxylic acid groups (broad SMARTS) is 1. The lowest BCUT2D eigenvalue weighted by Gasteiger charge is -2.34. The maximum absolute atomic E-state index is 10.6. The standard InChI is InChI=1S/C12H21NO2/c1-13(11-6-7-11)10-4-2-9(3-5-10)8-12(14)15/h9-11H,2-8H2,1H3,(H,14,15). The van der Waals surface area contributed by atoms with Gasteiger partial charge in [-0.05, 0) is 51.5 Å². The summed E-state index contributed by atoms with van der Waals surface area (Å²) in [6.07, 6.45) is 7.72. The Morgan fingerprint density at radius 2 is 1.60 bits per heavy atom. The van der Waals surface area contributed by atoms with Crippen molar-refractivity contribution < 1.29 is 9.90 Å². The van der Waals surface area contributed by atoms with Crippen molar-refractivity contribution >= 4 is 5.97 Å². The highest BCUT2D eigenvalue weighted by Crippen LogP contribution is 2.34. The van der Waals surface area contributed by atoms with Crippen molar-refractivity contribution in [3.63, 3.8) is 0 Å². The van der Waals surface area contributed by atoms with Crippen molar-refractivity contribution in [3.8, 4) is 0 Å². The Balaban J connectivity index is 1.73. The van der Waals surface area contributed by atoms with Crippen LogP contribution in [0.1, 0.15) is 44.9 Å². The number of carboxylic acids is 1. The summed E-state index contributed by atoms with van der Waals surface area (Å²) in [6.45, 7) is 0. The van der Waals surface area contributed by atoms with Crippen molar-refractivity contribution in [1.29, 1.82) is 0 Å². The Hall–Kier alpha value is -0.570. The molecule has 2 aliphatic carbocycles. The second-order valence-electron chi connectivity index (χ2n) is 5.17. The van der Waals surface area contributed by atoms with Gasteiger partial charge in [0, 0.05) is 18.5 Å². The molecule has 0 saturated heterocycles. The molecule has 0 aromatic heterocycles. The number of carbonyl (C=O) groups is 1. The minimum atomic E-state index is -0.631. The van der Waals surface area contributed by atoms with Crippen LogP contribution in [0.3, 0.4) is 0 Å². The molecular formula is C12H21NO2. The first-order valence-corrected chi connectivity index (χ1v) is 6.10. The van der Waals surface area contributed by atoms with E-state index >= 15 is 0 Å². The van der Waals surface area contributed by atoms with Crippen LogP contribution >= 0.6 is 0 Å². The molecule has 0 heterocycles. The Morgan fingerprint density at radius 3 is 2.00 bits per heavy atom. The molecule has 0 aliphatic heterocycles. The third-order valence-electron chi connectivity index (χ3n) is 3.98. The van der Waals surface area contributed by atoms with E-state index in [2.05, 4.69) is 11.9 Å². The molecule has 0 unspecified atom stereocenters. The van der Waals surface area contributed by atoms with E-state index in [1.807, 2.05) is 0 Å². The van der Waals surface area contributed by atoms with E-state index in [1.165, 1.54) is 25.7 Å². The second kappa shape index (κ2) is 4.52. The van der Waals surface area contributed by atoms with E-state index in [1.54, 1.807) is 0 Å². The lowest BCUT2D eigenvalue weighted by atomic mass is 9.83. The Bertz CT molecular complexity index is 230. The molecular weight excluding hydrogens is 190 g/mol. The molecule has 15 heavy (non-hydrogen) atoms. The van der Waals surface area contributed by atoms with Crippen molar-refractivity contribution in [2.24, 2.45) is 5.92 Å². The summed E-state index contributed by atoms with van der Waals surface area (Å²) in [5, 5.41) is 8.73. The van der Waals surface area contributed by atoms with Gasteiger partial charge in [-0.2, -0.15) is 0 Å². The number of aliphatic carboxylic acids is 1. The molecule has 0 spiro atoms. The fraction of sp³-hybridized carbons (Fsp3) is 0.917. The molecule has 2 saturated carbocycles. The topological polar surface area (TPSA) is 40.5 Å². The van der Waals surface area contributed by atoms with Gasteiger partial charge in [0.1, 0.15) is 0 Å². The molecule has 1 N–H and O–H groups in total. The highest BCUT2D eigenvalue weighted by Gasteiger charge is 2.33. The summed E-state index contributed by atoms with van der Waals surface area (Å²) in [5.74, 6) is -0.194. The van der Waals surface area contributed by atoms with E-state index in [4.69, 9.17) is 5.11 Å². The summed E-state index contributed by atoms with van der Waals surface area (Å²) in [4.78, 5) is 13.1. The zero-order valence-corrected chi connectivity index (χ0v) is 9.48. The van der Waals surface area contributed by atoms with Crippen LogP contribution in [0.25, 0.3) is 0 Å². The van der Waals surface area contributed by atoms with Gasteiger partial charge < -0.3 is 10.0 Å². The van der Waals surface area contributed by atoms with Gasteiger partial charge in [-0.25, -0.2) is 0 Å². The van der Waals surface area contributed by atoms with E-state index in [0.717, 1.165) is 24.9 Å². The maximum Gasteiger partial charge on any atom is 0.303 e. The lowest BCUT2D eigenvalue weighted by Crippen LogP contribution is -2.36.